The van der Waals surface area contributed by atoms with Gasteiger partial charge in [-0.2, -0.15) is 0 Å². The highest BCUT2D eigenvalue weighted by atomic mass is 32.1. The van der Waals surface area contributed by atoms with Crippen LogP contribution in [0.15, 0.2) is 36.4 Å². The highest BCUT2D eigenvalue weighted by Gasteiger charge is 2.05. The third-order valence-corrected chi connectivity index (χ3v) is 5.72. The largest absolute Gasteiger partial charge is 0.145 e. The number of rotatable bonds is 4. The molecule has 0 unspecified atom stereocenters. The number of hydrogen-bond donors (Lipinski definition) is 0. The van der Waals surface area contributed by atoms with Crippen LogP contribution in [-0.4, -0.2) is 0 Å². The standard InChI is InChI=1S/C12H18.C10H16S.2CH4/c1-9(2)11-6-5-7-12(8-11)10(3)4;1-7(2)9-5-6-10(11-9)8(3)4;;/h5-10H,1-4H3;5-8H,1-4H3;2*1H4. The Kier molecular flexibility index (Phi) is 12.9. The van der Waals surface area contributed by atoms with Gasteiger partial charge in [0.05, 0.1) is 0 Å². The van der Waals surface area contributed by atoms with Gasteiger partial charge in [-0.25, -0.2) is 0 Å². The second-order valence-corrected chi connectivity index (χ2v) is 8.68. The van der Waals surface area contributed by atoms with Gasteiger partial charge in [0.25, 0.3) is 0 Å². The molecule has 2 rings (SSSR count). The Hall–Kier alpha value is -1.08. The molecule has 1 aromatic heterocycles. The minimum absolute atomic E-state index is 0. The van der Waals surface area contributed by atoms with Crippen molar-refractivity contribution in [3.63, 3.8) is 0 Å². The highest BCUT2D eigenvalue weighted by molar-refractivity contribution is 7.12. The van der Waals surface area contributed by atoms with Gasteiger partial charge < -0.3 is 0 Å². The van der Waals surface area contributed by atoms with Crippen molar-refractivity contribution in [3.8, 4) is 0 Å². The molecule has 0 bridgehead atoms. The minimum atomic E-state index is 0. The van der Waals surface area contributed by atoms with E-state index < -0.39 is 0 Å². The third kappa shape index (κ3) is 8.72. The number of hydrogen-bond acceptors (Lipinski definition) is 1. The molecule has 0 amide bonds. The van der Waals surface area contributed by atoms with Crippen molar-refractivity contribution >= 4 is 11.3 Å². The Morgan fingerprint density at radius 1 is 0.560 bits per heavy atom. The summed E-state index contributed by atoms with van der Waals surface area (Å²) in [6.07, 6.45) is 0. The summed E-state index contributed by atoms with van der Waals surface area (Å²) in [5, 5.41) is 0. The first-order chi connectivity index (χ1) is 10.7. The zero-order valence-electron chi connectivity index (χ0n) is 16.2. The Balaban J connectivity index is 0. The zero-order chi connectivity index (χ0) is 17.6. The van der Waals surface area contributed by atoms with E-state index in [1.807, 2.05) is 11.3 Å². The predicted octanol–water partition coefficient (Wildman–Crippen LogP) is 9.20. The molecule has 0 aliphatic rings. The van der Waals surface area contributed by atoms with E-state index in [-0.39, 0.29) is 14.9 Å². The molecule has 0 radical (unpaired) electrons. The third-order valence-electron chi connectivity index (χ3n) is 4.03. The van der Waals surface area contributed by atoms with Crippen molar-refractivity contribution in [3.05, 3.63) is 57.3 Å². The van der Waals surface area contributed by atoms with E-state index in [1.54, 1.807) is 0 Å². The molecule has 0 aliphatic carbocycles. The van der Waals surface area contributed by atoms with Gasteiger partial charge in [0.1, 0.15) is 0 Å². The molecule has 25 heavy (non-hydrogen) atoms. The van der Waals surface area contributed by atoms with Crippen LogP contribution in [-0.2, 0) is 0 Å². The van der Waals surface area contributed by atoms with Crippen LogP contribution in [0.2, 0.25) is 0 Å². The van der Waals surface area contributed by atoms with Crippen molar-refractivity contribution in [2.75, 3.05) is 0 Å². The molecule has 0 atom stereocenters. The van der Waals surface area contributed by atoms with Crippen molar-refractivity contribution in [2.45, 2.75) is 93.9 Å². The van der Waals surface area contributed by atoms with E-state index in [9.17, 15) is 0 Å². The van der Waals surface area contributed by atoms with Crippen molar-refractivity contribution in [2.24, 2.45) is 0 Å². The van der Waals surface area contributed by atoms with Gasteiger partial charge >= 0.3 is 0 Å². The Morgan fingerprint density at radius 2 is 0.920 bits per heavy atom. The van der Waals surface area contributed by atoms with Gasteiger partial charge in [-0.15, -0.1) is 11.3 Å². The van der Waals surface area contributed by atoms with Crippen LogP contribution in [0, 0.1) is 0 Å². The molecular weight excluding hydrogens is 320 g/mol. The molecule has 0 aliphatic heterocycles. The normalized spacial score (nSPS) is 10.4. The average Bonchev–Trinajstić information content (AvgIpc) is 2.98. The van der Waals surface area contributed by atoms with Gasteiger partial charge in [0, 0.05) is 9.75 Å². The minimum Gasteiger partial charge on any atom is -0.145 e. The molecular formula is C24H42S. The Bertz CT molecular complexity index is 528. The first-order valence-corrected chi connectivity index (χ1v) is 9.73. The topological polar surface area (TPSA) is 0 Å². The smallest absolute Gasteiger partial charge is 0.00737 e. The van der Waals surface area contributed by atoms with Crippen LogP contribution in [0.5, 0.6) is 0 Å². The maximum Gasteiger partial charge on any atom is 0.00737 e. The van der Waals surface area contributed by atoms with Crippen LogP contribution in [0.1, 0.15) is 115 Å². The molecule has 0 fully saturated rings. The lowest BCUT2D eigenvalue weighted by atomic mass is 9.96. The first kappa shape index (κ1) is 26.2. The van der Waals surface area contributed by atoms with Gasteiger partial charge in [0.15, 0.2) is 0 Å². The molecule has 0 saturated heterocycles. The second kappa shape index (κ2) is 12.3. The van der Waals surface area contributed by atoms with E-state index in [0.717, 1.165) is 0 Å². The summed E-state index contributed by atoms with van der Waals surface area (Å²) in [4.78, 5) is 3.02. The van der Waals surface area contributed by atoms with Crippen molar-refractivity contribution in [1.82, 2.24) is 0 Å². The predicted molar refractivity (Wildman–Crippen MR) is 121 cm³/mol. The first-order valence-electron chi connectivity index (χ1n) is 8.91. The summed E-state index contributed by atoms with van der Waals surface area (Å²) in [6.45, 7) is 17.9. The van der Waals surface area contributed by atoms with Crippen LogP contribution >= 0.6 is 11.3 Å². The summed E-state index contributed by atoms with van der Waals surface area (Å²) in [5.41, 5.74) is 2.89. The van der Waals surface area contributed by atoms with Crippen LogP contribution in [0.3, 0.4) is 0 Å². The van der Waals surface area contributed by atoms with Gasteiger partial charge in [-0.1, -0.05) is 94.5 Å². The number of benzene rings is 1. The Labute approximate surface area is 162 Å². The fourth-order valence-electron chi connectivity index (χ4n) is 2.27. The van der Waals surface area contributed by atoms with E-state index in [2.05, 4.69) is 91.8 Å². The molecule has 1 aromatic carbocycles. The van der Waals surface area contributed by atoms with E-state index in [4.69, 9.17) is 0 Å². The molecule has 1 heterocycles. The lowest BCUT2D eigenvalue weighted by Crippen LogP contribution is -1.91. The summed E-state index contributed by atoms with van der Waals surface area (Å²) in [6, 6.07) is 13.4. The summed E-state index contributed by atoms with van der Waals surface area (Å²) >= 11 is 1.95. The fraction of sp³-hybridized carbons (Fsp3) is 0.583. The van der Waals surface area contributed by atoms with Crippen LogP contribution in [0.4, 0.5) is 0 Å². The molecule has 0 saturated carbocycles. The lowest BCUT2D eigenvalue weighted by molar-refractivity contribution is 0.834. The van der Waals surface area contributed by atoms with Gasteiger partial charge in [-0.3, -0.25) is 0 Å². The van der Waals surface area contributed by atoms with E-state index in [1.165, 1.54) is 20.9 Å². The van der Waals surface area contributed by atoms with Crippen LogP contribution in [0.25, 0.3) is 0 Å². The quantitative estimate of drug-likeness (QED) is 0.508. The molecule has 0 nitrogen and oxygen atoms in total. The summed E-state index contributed by atoms with van der Waals surface area (Å²) in [5.74, 6) is 2.66. The van der Waals surface area contributed by atoms with Crippen molar-refractivity contribution < 1.29 is 0 Å². The van der Waals surface area contributed by atoms with Crippen molar-refractivity contribution in [1.29, 1.82) is 0 Å². The molecule has 1 heteroatoms. The maximum absolute atomic E-state index is 2.31. The van der Waals surface area contributed by atoms with E-state index >= 15 is 0 Å². The fourth-order valence-corrected chi connectivity index (χ4v) is 3.28. The summed E-state index contributed by atoms with van der Waals surface area (Å²) in [7, 11) is 0. The highest BCUT2D eigenvalue weighted by Crippen LogP contribution is 2.28. The maximum atomic E-state index is 2.31. The zero-order valence-corrected chi connectivity index (χ0v) is 17.0. The number of thiophene rings is 1. The average molecular weight is 363 g/mol. The van der Waals surface area contributed by atoms with Gasteiger partial charge in [0.2, 0.25) is 0 Å². The Morgan fingerprint density at radius 3 is 1.16 bits per heavy atom. The monoisotopic (exact) mass is 362 g/mol. The molecule has 0 N–H and O–H groups in total. The van der Waals surface area contributed by atoms with Crippen LogP contribution < -0.4 is 0 Å². The van der Waals surface area contributed by atoms with E-state index in [0.29, 0.717) is 23.7 Å². The molecule has 2 aromatic rings. The lowest BCUT2D eigenvalue weighted by Gasteiger charge is -2.09. The van der Waals surface area contributed by atoms with Gasteiger partial charge in [-0.05, 0) is 46.9 Å². The molecule has 144 valence electrons. The SMILES string of the molecule is C.C.CC(C)c1ccc(C(C)C)s1.CC(C)c1cccc(C(C)C)c1. The summed E-state index contributed by atoms with van der Waals surface area (Å²) < 4.78 is 0. The molecule has 0 spiro atoms. The second-order valence-electron chi connectivity index (χ2n) is 7.53.